The maximum Gasteiger partial charge on any atom is -0.0162 e. The van der Waals surface area contributed by atoms with Crippen molar-refractivity contribution in [3.8, 4) is 11.1 Å². The SMILES string of the molecule is CCCCCCC1CCC(c2ccc(-c3ccc(C4=CCC(C)CC4)cc3)cc2)CC1. The van der Waals surface area contributed by atoms with E-state index in [2.05, 4.69) is 68.5 Å². The molecule has 2 aliphatic carbocycles. The molecule has 0 amide bonds. The number of unbranched alkanes of at least 4 members (excludes halogenated alkanes) is 3. The second kappa shape index (κ2) is 11.2. The summed E-state index contributed by atoms with van der Waals surface area (Å²) >= 11 is 0. The first-order valence-electron chi connectivity index (χ1n) is 13.1. The lowest BCUT2D eigenvalue weighted by molar-refractivity contribution is 0.302. The minimum atomic E-state index is 0.781. The van der Waals surface area contributed by atoms with Crippen molar-refractivity contribution in [2.75, 3.05) is 0 Å². The van der Waals surface area contributed by atoms with Crippen LogP contribution in [0.15, 0.2) is 54.6 Å². The first-order chi connectivity index (χ1) is 15.2. The Hall–Kier alpha value is -1.82. The van der Waals surface area contributed by atoms with Gasteiger partial charge in [0.1, 0.15) is 0 Å². The molecule has 0 nitrogen and oxygen atoms in total. The highest BCUT2D eigenvalue weighted by atomic mass is 14.3. The normalized spacial score (nSPS) is 24.1. The van der Waals surface area contributed by atoms with Crippen LogP contribution in [0.4, 0.5) is 0 Å². The summed E-state index contributed by atoms with van der Waals surface area (Å²) in [6.07, 6.45) is 19.0. The van der Waals surface area contributed by atoms with Gasteiger partial charge in [-0.25, -0.2) is 0 Å². The lowest BCUT2D eigenvalue weighted by atomic mass is 9.77. The summed E-state index contributed by atoms with van der Waals surface area (Å²) in [7, 11) is 0. The summed E-state index contributed by atoms with van der Waals surface area (Å²) in [6, 6.07) is 18.8. The predicted octanol–water partition coefficient (Wildman–Crippen LogP) is 9.80. The lowest BCUT2D eigenvalue weighted by Crippen LogP contribution is -2.13. The second-order valence-corrected chi connectivity index (χ2v) is 10.4. The predicted molar refractivity (Wildman–Crippen MR) is 136 cm³/mol. The van der Waals surface area contributed by atoms with Crippen molar-refractivity contribution in [1.29, 1.82) is 0 Å². The second-order valence-electron chi connectivity index (χ2n) is 10.4. The van der Waals surface area contributed by atoms with E-state index >= 15 is 0 Å². The average Bonchev–Trinajstić information content (AvgIpc) is 2.83. The Balaban J connectivity index is 1.30. The van der Waals surface area contributed by atoms with E-state index in [0.29, 0.717) is 0 Å². The molecule has 2 aromatic rings. The van der Waals surface area contributed by atoms with Gasteiger partial charge < -0.3 is 0 Å². The summed E-state index contributed by atoms with van der Waals surface area (Å²) in [4.78, 5) is 0. The molecule has 166 valence electrons. The van der Waals surface area contributed by atoms with E-state index < -0.39 is 0 Å². The molecule has 0 spiro atoms. The van der Waals surface area contributed by atoms with E-state index in [-0.39, 0.29) is 0 Å². The fourth-order valence-electron chi connectivity index (χ4n) is 5.70. The molecular formula is C31H42. The highest BCUT2D eigenvalue weighted by Gasteiger charge is 2.22. The van der Waals surface area contributed by atoms with Crippen LogP contribution >= 0.6 is 0 Å². The molecule has 0 saturated heterocycles. The third kappa shape index (κ3) is 6.12. The van der Waals surface area contributed by atoms with Crippen LogP contribution in [0.5, 0.6) is 0 Å². The van der Waals surface area contributed by atoms with Gasteiger partial charge in [0.25, 0.3) is 0 Å². The molecule has 0 heterocycles. The molecular weight excluding hydrogens is 372 g/mol. The molecule has 0 aliphatic heterocycles. The van der Waals surface area contributed by atoms with Gasteiger partial charge in [-0.05, 0) is 90.5 Å². The van der Waals surface area contributed by atoms with Gasteiger partial charge in [0.15, 0.2) is 0 Å². The molecule has 0 radical (unpaired) electrons. The largest absolute Gasteiger partial charge is 0.0805 e. The van der Waals surface area contributed by atoms with Gasteiger partial charge in [0, 0.05) is 0 Å². The Morgan fingerprint density at radius 3 is 1.97 bits per heavy atom. The summed E-state index contributed by atoms with van der Waals surface area (Å²) in [5, 5.41) is 0. The average molecular weight is 415 g/mol. The number of hydrogen-bond donors (Lipinski definition) is 0. The van der Waals surface area contributed by atoms with Crippen molar-refractivity contribution in [1.82, 2.24) is 0 Å². The topological polar surface area (TPSA) is 0 Å². The number of allylic oxidation sites excluding steroid dienone is 2. The summed E-state index contributed by atoms with van der Waals surface area (Å²) < 4.78 is 0. The summed E-state index contributed by atoms with van der Waals surface area (Å²) in [5.74, 6) is 2.62. The first-order valence-corrected chi connectivity index (χ1v) is 13.1. The minimum Gasteiger partial charge on any atom is -0.0805 e. The van der Waals surface area contributed by atoms with Crippen molar-refractivity contribution in [3.63, 3.8) is 0 Å². The Bertz CT molecular complexity index is 815. The monoisotopic (exact) mass is 414 g/mol. The maximum absolute atomic E-state index is 2.46. The Morgan fingerprint density at radius 1 is 0.710 bits per heavy atom. The van der Waals surface area contributed by atoms with E-state index in [1.54, 1.807) is 11.1 Å². The minimum absolute atomic E-state index is 0.781. The molecule has 4 rings (SSSR count). The van der Waals surface area contributed by atoms with Crippen LogP contribution < -0.4 is 0 Å². The standard InChI is InChI=1S/C31H42/c1-3-4-5-6-7-25-10-14-27(15-11-25)29-18-22-31(23-19-29)30-20-16-28(17-21-30)26-12-8-24(2)9-13-26/h12,16-25,27H,3-11,13-15H2,1-2H3. The molecule has 0 heteroatoms. The van der Waals surface area contributed by atoms with Crippen LogP contribution in [-0.4, -0.2) is 0 Å². The Morgan fingerprint density at radius 2 is 1.35 bits per heavy atom. The Labute approximate surface area is 191 Å². The van der Waals surface area contributed by atoms with E-state index in [9.17, 15) is 0 Å². The molecule has 1 unspecified atom stereocenters. The van der Waals surface area contributed by atoms with Crippen LogP contribution in [0.2, 0.25) is 0 Å². The van der Waals surface area contributed by atoms with Gasteiger partial charge in [-0.15, -0.1) is 0 Å². The molecule has 1 atom stereocenters. The molecule has 2 aromatic carbocycles. The zero-order valence-corrected chi connectivity index (χ0v) is 19.9. The van der Waals surface area contributed by atoms with Gasteiger partial charge in [0.05, 0.1) is 0 Å². The van der Waals surface area contributed by atoms with Crippen molar-refractivity contribution in [2.24, 2.45) is 11.8 Å². The molecule has 31 heavy (non-hydrogen) atoms. The quantitative estimate of drug-likeness (QED) is 0.377. The molecule has 0 N–H and O–H groups in total. The van der Waals surface area contributed by atoms with Gasteiger partial charge in [-0.2, -0.15) is 0 Å². The summed E-state index contributed by atoms with van der Waals surface area (Å²) in [6.45, 7) is 4.67. The van der Waals surface area contributed by atoms with Gasteiger partial charge in [-0.3, -0.25) is 0 Å². The smallest absolute Gasteiger partial charge is 0.0162 e. The van der Waals surface area contributed by atoms with Crippen LogP contribution in [0.1, 0.15) is 108 Å². The van der Waals surface area contributed by atoms with Crippen molar-refractivity contribution >= 4 is 5.57 Å². The zero-order chi connectivity index (χ0) is 21.5. The van der Waals surface area contributed by atoms with Gasteiger partial charge in [-0.1, -0.05) is 101 Å². The number of hydrogen-bond acceptors (Lipinski definition) is 0. The van der Waals surface area contributed by atoms with Crippen molar-refractivity contribution in [2.45, 2.75) is 96.8 Å². The Kier molecular flexibility index (Phi) is 8.06. The van der Waals surface area contributed by atoms with Crippen molar-refractivity contribution < 1.29 is 0 Å². The van der Waals surface area contributed by atoms with Crippen LogP contribution in [0.3, 0.4) is 0 Å². The fourth-order valence-corrected chi connectivity index (χ4v) is 5.70. The maximum atomic E-state index is 2.46. The number of benzene rings is 2. The highest BCUT2D eigenvalue weighted by Crippen LogP contribution is 2.38. The van der Waals surface area contributed by atoms with Crippen LogP contribution in [-0.2, 0) is 0 Å². The van der Waals surface area contributed by atoms with Crippen LogP contribution in [0, 0.1) is 11.8 Å². The molecule has 1 fully saturated rings. The third-order valence-electron chi connectivity index (χ3n) is 7.96. The fraction of sp³-hybridized carbons (Fsp3) is 0.548. The third-order valence-corrected chi connectivity index (χ3v) is 7.96. The zero-order valence-electron chi connectivity index (χ0n) is 19.9. The molecule has 0 aromatic heterocycles. The summed E-state index contributed by atoms with van der Waals surface area (Å²) in [5.41, 5.74) is 7.22. The first kappa shape index (κ1) is 22.4. The van der Waals surface area contributed by atoms with Gasteiger partial charge >= 0.3 is 0 Å². The van der Waals surface area contributed by atoms with Crippen molar-refractivity contribution in [3.05, 3.63) is 65.7 Å². The van der Waals surface area contributed by atoms with E-state index in [0.717, 1.165) is 17.8 Å². The molecule has 1 saturated carbocycles. The van der Waals surface area contributed by atoms with Gasteiger partial charge in [0.2, 0.25) is 0 Å². The van der Waals surface area contributed by atoms with E-state index in [1.165, 1.54) is 93.7 Å². The number of rotatable bonds is 8. The highest BCUT2D eigenvalue weighted by molar-refractivity contribution is 5.71. The lowest BCUT2D eigenvalue weighted by Gasteiger charge is -2.29. The molecule has 0 bridgehead atoms. The molecule has 2 aliphatic rings. The van der Waals surface area contributed by atoms with E-state index in [4.69, 9.17) is 0 Å². The van der Waals surface area contributed by atoms with Crippen LogP contribution in [0.25, 0.3) is 16.7 Å². The van der Waals surface area contributed by atoms with E-state index in [1.807, 2.05) is 0 Å².